The van der Waals surface area contributed by atoms with Crippen molar-refractivity contribution in [2.24, 2.45) is 0 Å². The molecule has 1 N–H and O–H groups in total. The maximum absolute atomic E-state index is 13.0. The molecule has 7 heteroatoms. The number of amides is 1. The molecule has 0 saturated heterocycles. The monoisotopic (exact) mass is 409 g/mol. The topological polar surface area (TPSA) is 81.7 Å². The van der Waals surface area contributed by atoms with Gasteiger partial charge in [-0.05, 0) is 42.3 Å². The van der Waals surface area contributed by atoms with E-state index in [1.165, 1.54) is 6.07 Å². The summed E-state index contributed by atoms with van der Waals surface area (Å²) >= 11 is 0. The van der Waals surface area contributed by atoms with Crippen LogP contribution in [-0.2, 0) is 21.2 Å². The minimum atomic E-state index is -4.00. The first kappa shape index (κ1) is 18.0. The molecule has 2 aliphatic rings. The highest BCUT2D eigenvalue weighted by atomic mass is 32.2. The summed E-state index contributed by atoms with van der Waals surface area (Å²) in [6.45, 7) is 0.165. The van der Waals surface area contributed by atoms with Crippen molar-refractivity contribution < 1.29 is 22.7 Å². The predicted molar refractivity (Wildman–Crippen MR) is 108 cm³/mol. The lowest BCUT2D eigenvalue weighted by atomic mass is 9.82. The Kier molecular flexibility index (Phi) is 4.20. The molecule has 3 aromatic rings. The standard InChI is InChI=1S/C22H19NO5S/c24-22(18-9-4-8-17-16(18)11-12-19-21(17)28-13-27-19)23-29(25,26)20-10-3-6-14-5-1-2-7-15(14)20/h1-3,5-7,10-12,18H,4,8-9,13H2,(H,23,24). The normalized spacial score (nSPS) is 17.7. The van der Waals surface area contributed by atoms with Crippen molar-refractivity contribution in [1.29, 1.82) is 0 Å². The number of ether oxygens (including phenoxy) is 2. The summed E-state index contributed by atoms with van der Waals surface area (Å²) in [5.74, 6) is 0.292. The van der Waals surface area contributed by atoms with Gasteiger partial charge in [0.15, 0.2) is 11.5 Å². The summed E-state index contributed by atoms with van der Waals surface area (Å²) in [5.41, 5.74) is 1.75. The van der Waals surface area contributed by atoms with Crippen LogP contribution >= 0.6 is 0 Å². The number of hydrogen-bond donors (Lipinski definition) is 1. The van der Waals surface area contributed by atoms with Crippen LogP contribution in [0.3, 0.4) is 0 Å². The Morgan fingerprint density at radius 2 is 1.83 bits per heavy atom. The average Bonchev–Trinajstić information content (AvgIpc) is 3.22. The molecule has 0 aromatic heterocycles. The molecule has 29 heavy (non-hydrogen) atoms. The lowest BCUT2D eigenvalue weighted by molar-refractivity contribution is -0.121. The number of carbonyl (C=O) groups excluding carboxylic acids is 1. The molecule has 0 bridgehead atoms. The SMILES string of the molecule is O=C(NS(=O)(=O)c1cccc2ccccc12)C1CCCc2c1ccc1c2OCO1. The average molecular weight is 409 g/mol. The molecule has 0 spiro atoms. The van der Waals surface area contributed by atoms with Crippen LogP contribution in [-0.4, -0.2) is 21.1 Å². The van der Waals surface area contributed by atoms with E-state index in [-0.39, 0.29) is 11.7 Å². The molecule has 5 rings (SSSR count). The first-order valence-corrected chi connectivity index (χ1v) is 11.0. The van der Waals surface area contributed by atoms with Gasteiger partial charge in [-0.15, -0.1) is 0 Å². The van der Waals surface area contributed by atoms with Gasteiger partial charge in [0.25, 0.3) is 10.0 Å². The molecule has 1 aliphatic heterocycles. The van der Waals surface area contributed by atoms with E-state index in [0.29, 0.717) is 23.3 Å². The fraction of sp³-hybridized carbons (Fsp3) is 0.227. The number of hydrogen-bond acceptors (Lipinski definition) is 5. The lowest BCUT2D eigenvalue weighted by Crippen LogP contribution is -2.36. The fourth-order valence-electron chi connectivity index (χ4n) is 4.23. The maximum atomic E-state index is 13.0. The Morgan fingerprint density at radius 3 is 2.72 bits per heavy atom. The third-order valence-corrected chi connectivity index (χ3v) is 6.97. The van der Waals surface area contributed by atoms with Crippen LogP contribution < -0.4 is 14.2 Å². The van der Waals surface area contributed by atoms with Gasteiger partial charge in [-0.25, -0.2) is 13.1 Å². The van der Waals surface area contributed by atoms with Gasteiger partial charge < -0.3 is 9.47 Å². The Bertz CT molecular complexity index is 1230. The van der Waals surface area contributed by atoms with E-state index < -0.39 is 21.8 Å². The van der Waals surface area contributed by atoms with Gasteiger partial charge in [0, 0.05) is 10.9 Å². The van der Waals surface area contributed by atoms with Crippen LogP contribution in [0, 0.1) is 0 Å². The number of fused-ring (bicyclic) bond motifs is 4. The van der Waals surface area contributed by atoms with Crippen LogP contribution in [0.2, 0.25) is 0 Å². The Labute approximate surface area is 168 Å². The molecule has 1 atom stereocenters. The van der Waals surface area contributed by atoms with E-state index in [9.17, 15) is 13.2 Å². The second-order valence-corrected chi connectivity index (χ2v) is 8.91. The van der Waals surface area contributed by atoms with Gasteiger partial charge in [-0.2, -0.15) is 0 Å². The number of benzene rings is 3. The zero-order valence-electron chi connectivity index (χ0n) is 15.6. The van der Waals surface area contributed by atoms with Gasteiger partial charge >= 0.3 is 0 Å². The lowest BCUT2D eigenvalue weighted by Gasteiger charge is -2.25. The molecular formula is C22H19NO5S. The molecule has 1 amide bonds. The van der Waals surface area contributed by atoms with Crippen LogP contribution in [0.25, 0.3) is 10.8 Å². The number of nitrogens with one attached hydrogen (secondary N) is 1. The second kappa shape index (κ2) is 6.77. The van der Waals surface area contributed by atoms with Crippen molar-refractivity contribution in [3.8, 4) is 11.5 Å². The molecule has 0 fully saturated rings. The molecule has 3 aromatic carbocycles. The summed E-state index contributed by atoms with van der Waals surface area (Å²) in [5, 5.41) is 1.39. The van der Waals surface area contributed by atoms with Crippen LogP contribution in [0.5, 0.6) is 11.5 Å². The van der Waals surface area contributed by atoms with Crippen LogP contribution in [0.15, 0.2) is 59.5 Å². The molecule has 1 heterocycles. The number of sulfonamides is 1. The highest BCUT2D eigenvalue weighted by Crippen LogP contribution is 2.44. The predicted octanol–water partition coefficient (Wildman–Crippen LogP) is 3.49. The number of carbonyl (C=O) groups is 1. The van der Waals surface area contributed by atoms with Crippen LogP contribution in [0.1, 0.15) is 29.9 Å². The highest BCUT2D eigenvalue weighted by Gasteiger charge is 2.33. The van der Waals surface area contributed by atoms with Gasteiger partial charge in [-0.3, -0.25) is 4.79 Å². The molecule has 0 saturated carbocycles. The van der Waals surface area contributed by atoms with Crippen molar-refractivity contribution in [3.05, 3.63) is 65.7 Å². The smallest absolute Gasteiger partial charge is 0.264 e. The Hall–Kier alpha value is -3.06. The van der Waals surface area contributed by atoms with Gasteiger partial charge in [-0.1, -0.05) is 42.5 Å². The van der Waals surface area contributed by atoms with Crippen molar-refractivity contribution >= 4 is 26.7 Å². The minimum absolute atomic E-state index is 0.102. The zero-order chi connectivity index (χ0) is 20.0. The fourth-order valence-corrected chi connectivity index (χ4v) is 5.48. The highest BCUT2D eigenvalue weighted by molar-refractivity contribution is 7.90. The maximum Gasteiger partial charge on any atom is 0.264 e. The van der Waals surface area contributed by atoms with Gasteiger partial charge in [0.05, 0.1) is 10.8 Å². The first-order valence-electron chi connectivity index (χ1n) is 9.50. The van der Waals surface area contributed by atoms with Crippen LogP contribution in [0.4, 0.5) is 0 Å². The van der Waals surface area contributed by atoms with E-state index in [2.05, 4.69) is 4.72 Å². The summed E-state index contributed by atoms with van der Waals surface area (Å²) in [7, 11) is -4.00. The summed E-state index contributed by atoms with van der Waals surface area (Å²) in [4.78, 5) is 13.1. The van der Waals surface area contributed by atoms with E-state index >= 15 is 0 Å². The summed E-state index contributed by atoms with van der Waals surface area (Å²) in [6.07, 6.45) is 2.14. The third-order valence-electron chi connectivity index (χ3n) is 5.56. The Morgan fingerprint density at radius 1 is 1.00 bits per heavy atom. The van der Waals surface area contributed by atoms with Crippen molar-refractivity contribution in [2.45, 2.75) is 30.1 Å². The van der Waals surface area contributed by atoms with E-state index in [1.54, 1.807) is 24.3 Å². The molecule has 1 aliphatic carbocycles. The quantitative estimate of drug-likeness (QED) is 0.716. The van der Waals surface area contributed by atoms with Gasteiger partial charge in [0.2, 0.25) is 12.7 Å². The third kappa shape index (κ3) is 3.02. The molecule has 1 unspecified atom stereocenters. The van der Waals surface area contributed by atoms with E-state index in [4.69, 9.17) is 9.47 Å². The van der Waals surface area contributed by atoms with E-state index in [1.807, 2.05) is 24.3 Å². The largest absolute Gasteiger partial charge is 0.454 e. The molecular weight excluding hydrogens is 390 g/mol. The number of rotatable bonds is 3. The van der Waals surface area contributed by atoms with E-state index in [0.717, 1.165) is 29.4 Å². The zero-order valence-corrected chi connectivity index (χ0v) is 16.4. The summed E-state index contributed by atoms with van der Waals surface area (Å²) < 4.78 is 39.3. The molecule has 148 valence electrons. The van der Waals surface area contributed by atoms with Crippen molar-refractivity contribution in [2.75, 3.05) is 6.79 Å². The van der Waals surface area contributed by atoms with Crippen molar-refractivity contribution in [3.63, 3.8) is 0 Å². The minimum Gasteiger partial charge on any atom is -0.454 e. The first-order chi connectivity index (χ1) is 14.0. The molecule has 6 nitrogen and oxygen atoms in total. The molecule has 0 radical (unpaired) electrons. The second-order valence-electron chi connectivity index (χ2n) is 7.26. The Balaban J connectivity index is 1.48. The van der Waals surface area contributed by atoms with Gasteiger partial charge in [0.1, 0.15) is 0 Å². The summed E-state index contributed by atoms with van der Waals surface area (Å²) in [6, 6.07) is 15.9. The van der Waals surface area contributed by atoms with Crippen molar-refractivity contribution in [1.82, 2.24) is 4.72 Å².